The van der Waals surface area contributed by atoms with Crippen LogP contribution < -0.4 is 11.1 Å². The molecule has 0 rings (SSSR count). The van der Waals surface area contributed by atoms with Gasteiger partial charge in [-0.2, -0.15) is 0 Å². The van der Waals surface area contributed by atoms with Gasteiger partial charge in [0, 0.05) is 20.0 Å². The number of nitrogens with one attached hydrogen (secondary N) is 1. The van der Waals surface area contributed by atoms with Crippen molar-refractivity contribution in [2.75, 3.05) is 26.7 Å². The summed E-state index contributed by atoms with van der Waals surface area (Å²) in [7, 11) is 1.63. The molecule has 0 aliphatic carbocycles. The van der Waals surface area contributed by atoms with Crippen LogP contribution in [-0.4, -0.2) is 42.5 Å². The van der Waals surface area contributed by atoms with E-state index in [2.05, 4.69) is 5.32 Å². The molecular formula is C8H17N3OS. The van der Waals surface area contributed by atoms with Crippen LogP contribution in [0.1, 0.15) is 13.3 Å². The summed E-state index contributed by atoms with van der Waals surface area (Å²) in [6, 6.07) is 0. The van der Waals surface area contributed by atoms with Gasteiger partial charge in [0.2, 0.25) is 5.91 Å². The molecule has 76 valence electrons. The lowest BCUT2D eigenvalue weighted by atomic mass is 10.3. The third-order valence-corrected chi connectivity index (χ3v) is 1.97. The van der Waals surface area contributed by atoms with Gasteiger partial charge in [-0.15, -0.1) is 0 Å². The van der Waals surface area contributed by atoms with Crippen LogP contribution in [0.5, 0.6) is 0 Å². The average molecular weight is 203 g/mol. The van der Waals surface area contributed by atoms with Gasteiger partial charge in [-0.25, -0.2) is 0 Å². The average Bonchev–Trinajstić information content (AvgIpc) is 2.11. The standard InChI is InChI=1S/C8H17N3OS/c1-3-11(5-4-7(9)13)6-8(12)10-2/h3-6H2,1-2H3,(H2,9,13)(H,10,12). The van der Waals surface area contributed by atoms with Crippen molar-refractivity contribution in [3.8, 4) is 0 Å². The van der Waals surface area contributed by atoms with Crippen LogP contribution in [0, 0.1) is 0 Å². The van der Waals surface area contributed by atoms with Crippen molar-refractivity contribution in [2.24, 2.45) is 5.73 Å². The molecule has 5 heteroatoms. The lowest BCUT2D eigenvalue weighted by Crippen LogP contribution is -2.37. The van der Waals surface area contributed by atoms with Crippen molar-refractivity contribution < 1.29 is 4.79 Å². The molecule has 0 spiro atoms. The number of carbonyl (C=O) groups is 1. The summed E-state index contributed by atoms with van der Waals surface area (Å²) in [5.74, 6) is 0.0183. The van der Waals surface area contributed by atoms with E-state index >= 15 is 0 Å². The molecular weight excluding hydrogens is 186 g/mol. The van der Waals surface area contributed by atoms with E-state index in [0.29, 0.717) is 18.0 Å². The van der Waals surface area contributed by atoms with Crippen molar-refractivity contribution in [1.82, 2.24) is 10.2 Å². The Kier molecular flexibility index (Phi) is 6.44. The monoisotopic (exact) mass is 203 g/mol. The fraction of sp³-hybridized carbons (Fsp3) is 0.750. The highest BCUT2D eigenvalue weighted by Crippen LogP contribution is 1.91. The molecule has 0 aliphatic rings. The van der Waals surface area contributed by atoms with Gasteiger partial charge in [0.1, 0.15) is 0 Å². The Bertz CT molecular complexity index is 184. The number of hydrogen-bond acceptors (Lipinski definition) is 3. The Morgan fingerprint density at radius 1 is 1.62 bits per heavy atom. The Morgan fingerprint density at radius 3 is 2.62 bits per heavy atom. The zero-order valence-corrected chi connectivity index (χ0v) is 8.99. The smallest absolute Gasteiger partial charge is 0.233 e. The summed E-state index contributed by atoms with van der Waals surface area (Å²) in [5.41, 5.74) is 5.36. The summed E-state index contributed by atoms with van der Waals surface area (Å²) in [5, 5.41) is 2.57. The topological polar surface area (TPSA) is 58.4 Å². The third kappa shape index (κ3) is 6.48. The predicted molar refractivity (Wildman–Crippen MR) is 57.6 cm³/mol. The number of likely N-dealkylation sites (N-methyl/N-ethyl adjacent to an activating group) is 2. The fourth-order valence-corrected chi connectivity index (χ4v) is 0.991. The highest BCUT2D eigenvalue weighted by Gasteiger charge is 2.06. The molecule has 0 atom stereocenters. The maximum Gasteiger partial charge on any atom is 0.233 e. The number of carbonyl (C=O) groups excluding carboxylic acids is 1. The van der Waals surface area contributed by atoms with E-state index in [4.69, 9.17) is 18.0 Å². The Hall–Kier alpha value is -0.680. The quantitative estimate of drug-likeness (QED) is 0.584. The summed E-state index contributed by atoms with van der Waals surface area (Å²) in [6.07, 6.45) is 0.667. The van der Waals surface area contributed by atoms with Gasteiger partial charge >= 0.3 is 0 Å². The van der Waals surface area contributed by atoms with E-state index in [9.17, 15) is 4.79 Å². The minimum Gasteiger partial charge on any atom is -0.393 e. The number of nitrogens with zero attached hydrogens (tertiary/aromatic N) is 1. The first kappa shape index (κ1) is 12.3. The van der Waals surface area contributed by atoms with Crippen LogP contribution in [0.15, 0.2) is 0 Å². The third-order valence-electron chi connectivity index (χ3n) is 1.77. The van der Waals surface area contributed by atoms with Gasteiger partial charge in [-0.3, -0.25) is 9.69 Å². The van der Waals surface area contributed by atoms with Crippen molar-refractivity contribution in [2.45, 2.75) is 13.3 Å². The van der Waals surface area contributed by atoms with Crippen molar-refractivity contribution >= 4 is 23.1 Å². The number of amides is 1. The molecule has 0 fully saturated rings. The zero-order chi connectivity index (χ0) is 10.3. The van der Waals surface area contributed by atoms with E-state index in [0.717, 1.165) is 13.1 Å². The molecule has 0 saturated heterocycles. The number of nitrogens with two attached hydrogens (primary N) is 1. The molecule has 0 aromatic rings. The molecule has 3 N–H and O–H groups in total. The van der Waals surface area contributed by atoms with Crippen LogP contribution in [0.25, 0.3) is 0 Å². The summed E-state index contributed by atoms with van der Waals surface area (Å²) in [6.45, 7) is 3.99. The molecule has 0 aliphatic heterocycles. The molecule has 13 heavy (non-hydrogen) atoms. The zero-order valence-electron chi connectivity index (χ0n) is 8.17. The lowest BCUT2D eigenvalue weighted by molar-refractivity contribution is -0.121. The molecule has 0 unspecified atom stereocenters. The lowest BCUT2D eigenvalue weighted by Gasteiger charge is -2.18. The number of rotatable bonds is 6. The van der Waals surface area contributed by atoms with Crippen LogP contribution in [0.4, 0.5) is 0 Å². The Morgan fingerprint density at radius 2 is 2.23 bits per heavy atom. The highest BCUT2D eigenvalue weighted by molar-refractivity contribution is 7.80. The van der Waals surface area contributed by atoms with Crippen LogP contribution in [-0.2, 0) is 4.79 Å². The highest BCUT2D eigenvalue weighted by atomic mass is 32.1. The van der Waals surface area contributed by atoms with Crippen molar-refractivity contribution in [1.29, 1.82) is 0 Å². The van der Waals surface area contributed by atoms with E-state index in [1.54, 1.807) is 7.05 Å². The second kappa shape index (κ2) is 6.80. The Labute approximate surface area is 84.5 Å². The summed E-state index contributed by atoms with van der Waals surface area (Å²) < 4.78 is 0. The summed E-state index contributed by atoms with van der Waals surface area (Å²) >= 11 is 4.75. The molecule has 4 nitrogen and oxygen atoms in total. The predicted octanol–water partition coefficient (Wildman–Crippen LogP) is -0.269. The van der Waals surface area contributed by atoms with Crippen LogP contribution in [0.3, 0.4) is 0 Å². The SMILES string of the molecule is CCN(CCC(N)=S)CC(=O)NC. The normalized spacial score (nSPS) is 10.1. The van der Waals surface area contributed by atoms with E-state index in [1.807, 2.05) is 11.8 Å². The molecule has 0 aromatic heterocycles. The minimum atomic E-state index is 0.0183. The first-order valence-corrected chi connectivity index (χ1v) is 4.72. The van der Waals surface area contributed by atoms with Gasteiger partial charge in [0.25, 0.3) is 0 Å². The molecule has 0 saturated carbocycles. The van der Waals surface area contributed by atoms with Gasteiger partial charge in [-0.1, -0.05) is 19.1 Å². The largest absolute Gasteiger partial charge is 0.393 e. The van der Waals surface area contributed by atoms with Gasteiger partial charge in [0.15, 0.2) is 0 Å². The molecule has 0 radical (unpaired) electrons. The van der Waals surface area contributed by atoms with E-state index in [1.165, 1.54) is 0 Å². The second-order valence-corrected chi connectivity index (χ2v) is 3.28. The first-order valence-electron chi connectivity index (χ1n) is 4.31. The minimum absolute atomic E-state index is 0.0183. The number of thiocarbonyl (C=S) groups is 1. The van der Waals surface area contributed by atoms with Crippen LogP contribution in [0.2, 0.25) is 0 Å². The number of hydrogen-bond donors (Lipinski definition) is 2. The van der Waals surface area contributed by atoms with Crippen LogP contribution >= 0.6 is 12.2 Å². The van der Waals surface area contributed by atoms with E-state index in [-0.39, 0.29) is 5.91 Å². The molecule has 0 bridgehead atoms. The van der Waals surface area contributed by atoms with Gasteiger partial charge in [-0.05, 0) is 6.54 Å². The van der Waals surface area contributed by atoms with Gasteiger partial charge in [0.05, 0.1) is 11.5 Å². The Balaban J connectivity index is 3.75. The molecule has 0 aromatic carbocycles. The van der Waals surface area contributed by atoms with Crippen molar-refractivity contribution in [3.05, 3.63) is 0 Å². The maximum atomic E-state index is 11.0. The van der Waals surface area contributed by atoms with Crippen molar-refractivity contribution in [3.63, 3.8) is 0 Å². The van der Waals surface area contributed by atoms with E-state index < -0.39 is 0 Å². The van der Waals surface area contributed by atoms with Gasteiger partial charge < -0.3 is 11.1 Å². The summed E-state index contributed by atoms with van der Waals surface area (Å²) in [4.78, 5) is 13.5. The first-order chi connectivity index (χ1) is 6.10. The molecule has 0 heterocycles. The maximum absolute atomic E-state index is 11.0. The molecule has 1 amide bonds. The fourth-order valence-electron chi connectivity index (χ4n) is 0.899. The second-order valence-electron chi connectivity index (χ2n) is 2.76.